The summed E-state index contributed by atoms with van der Waals surface area (Å²) in [5.74, 6) is 0. The Labute approximate surface area is 176 Å². The number of pyridine rings is 1. The van der Waals surface area contributed by atoms with Gasteiger partial charge in [0.25, 0.3) is 0 Å². The van der Waals surface area contributed by atoms with Crippen molar-refractivity contribution >= 4 is 46.0 Å². The molecule has 0 unspecified atom stereocenters. The van der Waals surface area contributed by atoms with Crippen molar-refractivity contribution in [1.29, 1.82) is 0 Å². The summed E-state index contributed by atoms with van der Waals surface area (Å²) in [6.45, 7) is 4.92. The Morgan fingerprint density at radius 3 is 2.79 bits per heavy atom. The molecule has 5 rings (SSSR count). The van der Waals surface area contributed by atoms with Gasteiger partial charge in [0.05, 0.1) is 11.9 Å². The van der Waals surface area contributed by atoms with Crippen molar-refractivity contribution in [3.05, 3.63) is 83.3 Å². The maximum atomic E-state index is 4.41. The summed E-state index contributed by atoms with van der Waals surface area (Å²) in [6.07, 6.45) is 3.78. The molecule has 6 heteroatoms. The van der Waals surface area contributed by atoms with Crippen molar-refractivity contribution in [2.45, 2.75) is 11.4 Å². The summed E-state index contributed by atoms with van der Waals surface area (Å²) in [6, 6.07) is 15.2. The zero-order chi connectivity index (χ0) is 18.9. The van der Waals surface area contributed by atoms with Gasteiger partial charge in [-0.05, 0) is 58.8 Å². The van der Waals surface area contributed by atoms with E-state index in [4.69, 9.17) is 0 Å². The SMILES string of the molecule is C=C1NCc2cc(-c3ccc(-c4cncc(NSc5ccsc5)c4)s3)ccc21. The van der Waals surface area contributed by atoms with E-state index in [1.165, 1.54) is 31.3 Å². The number of thiophene rings is 2. The number of benzene rings is 1. The van der Waals surface area contributed by atoms with E-state index in [0.717, 1.165) is 23.5 Å². The lowest BCUT2D eigenvalue weighted by Gasteiger charge is -2.05. The van der Waals surface area contributed by atoms with Crippen LogP contribution < -0.4 is 10.0 Å². The summed E-state index contributed by atoms with van der Waals surface area (Å²) < 4.78 is 3.38. The number of hydrogen-bond donors (Lipinski definition) is 2. The van der Waals surface area contributed by atoms with Crippen LogP contribution in [0.3, 0.4) is 0 Å². The first-order chi connectivity index (χ1) is 13.8. The molecule has 0 spiro atoms. The number of rotatable bonds is 5. The van der Waals surface area contributed by atoms with Gasteiger partial charge in [0.15, 0.2) is 0 Å². The van der Waals surface area contributed by atoms with Crippen LogP contribution in [0.4, 0.5) is 5.69 Å². The van der Waals surface area contributed by atoms with Crippen LogP contribution in [-0.4, -0.2) is 4.98 Å². The van der Waals surface area contributed by atoms with E-state index in [9.17, 15) is 0 Å². The number of fused-ring (bicyclic) bond motifs is 1. The van der Waals surface area contributed by atoms with Gasteiger partial charge in [0, 0.05) is 49.6 Å². The fraction of sp³-hybridized carbons (Fsp3) is 0.0455. The Kier molecular flexibility index (Phi) is 4.68. The first-order valence-corrected chi connectivity index (χ1v) is 11.4. The fourth-order valence-electron chi connectivity index (χ4n) is 3.19. The van der Waals surface area contributed by atoms with Gasteiger partial charge in [0.2, 0.25) is 0 Å². The highest BCUT2D eigenvalue weighted by atomic mass is 32.2. The first-order valence-electron chi connectivity index (χ1n) is 8.83. The number of nitrogens with zero attached hydrogens (tertiary/aromatic N) is 1. The lowest BCUT2D eigenvalue weighted by atomic mass is 10.0. The van der Waals surface area contributed by atoms with Crippen LogP contribution in [-0.2, 0) is 6.54 Å². The third-order valence-corrected chi connectivity index (χ3v) is 7.46. The van der Waals surface area contributed by atoms with Crippen molar-refractivity contribution in [3.63, 3.8) is 0 Å². The molecule has 3 nitrogen and oxygen atoms in total. The summed E-state index contributed by atoms with van der Waals surface area (Å²) in [5, 5.41) is 7.52. The standard InChI is InChI=1S/C22H17N3S3/c1-14-20-3-2-15(8-16(20)11-24-14)21-4-5-22(27-21)17-9-18(12-23-10-17)25-28-19-6-7-26-13-19/h2-10,12-13,24-25H,1,11H2. The largest absolute Gasteiger partial charge is 0.381 e. The average Bonchev–Trinajstić information content (AvgIpc) is 3.48. The van der Waals surface area contributed by atoms with Crippen molar-refractivity contribution < 1.29 is 0 Å². The molecule has 0 atom stereocenters. The number of aromatic nitrogens is 1. The Morgan fingerprint density at radius 2 is 1.93 bits per heavy atom. The molecule has 138 valence electrons. The maximum Gasteiger partial charge on any atom is 0.0634 e. The van der Waals surface area contributed by atoms with Crippen LogP contribution in [0.2, 0.25) is 0 Å². The highest BCUT2D eigenvalue weighted by Gasteiger charge is 2.15. The maximum absolute atomic E-state index is 4.41. The first kappa shape index (κ1) is 17.6. The van der Waals surface area contributed by atoms with Crippen LogP contribution in [0.1, 0.15) is 11.1 Å². The lowest BCUT2D eigenvalue weighted by Crippen LogP contribution is -1.98. The van der Waals surface area contributed by atoms with Gasteiger partial charge in [-0.1, -0.05) is 18.7 Å². The molecule has 0 amide bonds. The van der Waals surface area contributed by atoms with E-state index >= 15 is 0 Å². The Bertz CT molecular complexity index is 1150. The Morgan fingerprint density at radius 1 is 1.04 bits per heavy atom. The molecule has 2 N–H and O–H groups in total. The second-order valence-corrected chi connectivity index (χ2v) is 9.24. The fourth-order valence-corrected chi connectivity index (χ4v) is 5.62. The molecule has 1 aromatic carbocycles. The minimum Gasteiger partial charge on any atom is -0.381 e. The van der Waals surface area contributed by atoms with Crippen molar-refractivity contribution in [1.82, 2.24) is 10.3 Å². The van der Waals surface area contributed by atoms with Gasteiger partial charge < -0.3 is 10.0 Å². The van der Waals surface area contributed by atoms with E-state index in [1.54, 1.807) is 34.6 Å². The molecule has 0 aliphatic carbocycles. The summed E-state index contributed by atoms with van der Waals surface area (Å²) in [7, 11) is 0. The van der Waals surface area contributed by atoms with Crippen LogP contribution in [0.25, 0.3) is 26.6 Å². The van der Waals surface area contributed by atoms with Crippen LogP contribution in [0.5, 0.6) is 0 Å². The minimum absolute atomic E-state index is 0.861. The highest BCUT2D eigenvalue weighted by molar-refractivity contribution is 8.00. The molecule has 0 saturated heterocycles. The zero-order valence-corrected chi connectivity index (χ0v) is 17.4. The van der Waals surface area contributed by atoms with Gasteiger partial charge in [-0.2, -0.15) is 11.3 Å². The molecule has 4 aromatic rings. The molecule has 0 saturated carbocycles. The average molecular weight is 420 g/mol. The molecule has 28 heavy (non-hydrogen) atoms. The Balaban J connectivity index is 1.37. The van der Waals surface area contributed by atoms with Gasteiger partial charge in [-0.25, -0.2) is 0 Å². The molecule has 3 aromatic heterocycles. The lowest BCUT2D eigenvalue weighted by molar-refractivity contribution is 0.946. The van der Waals surface area contributed by atoms with E-state index in [2.05, 4.69) is 74.8 Å². The molecule has 0 fully saturated rings. The topological polar surface area (TPSA) is 37.0 Å². The monoisotopic (exact) mass is 419 g/mol. The summed E-state index contributed by atoms with van der Waals surface area (Å²) >= 11 is 5.10. The van der Waals surface area contributed by atoms with Gasteiger partial charge in [-0.3, -0.25) is 4.98 Å². The number of anilines is 1. The quantitative estimate of drug-likeness (QED) is 0.352. The molecule has 4 heterocycles. The summed E-state index contributed by atoms with van der Waals surface area (Å²) in [5.41, 5.74) is 6.95. The smallest absolute Gasteiger partial charge is 0.0634 e. The summed E-state index contributed by atoms with van der Waals surface area (Å²) in [4.78, 5) is 8.11. The minimum atomic E-state index is 0.861. The second kappa shape index (κ2) is 7.47. The van der Waals surface area contributed by atoms with Crippen molar-refractivity contribution in [2.75, 3.05) is 4.72 Å². The van der Waals surface area contributed by atoms with Crippen molar-refractivity contribution in [2.24, 2.45) is 0 Å². The van der Waals surface area contributed by atoms with Crippen LogP contribution in [0, 0.1) is 0 Å². The van der Waals surface area contributed by atoms with Crippen LogP contribution >= 0.6 is 34.6 Å². The van der Waals surface area contributed by atoms with Crippen LogP contribution in [0.15, 0.2) is 77.1 Å². The third-order valence-electron chi connectivity index (χ3n) is 4.62. The van der Waals surface area contributed by atoms with E-state index in [1.807, 2.05) is 12.4 Å². The predicted molar refractivity (Wildman–Crippen MR) is 123 cm³/mol. The van der Waals surface area contributed by atoms with E-state index in [-0.39, 0.29) is 0 Å². The van der Waals surface area contributed by atoms with E-state index in [0.29, 0.717) is 0 Å². The second-order valence-electron chi connectivity index (χ2n) is 6.49. The number of hydrogen-bond acceptors (Lipinski definition) is 6. The van der Waals surface area contributed by atoms with Gasteiger partial charge in [-0.15, -0.1) is 11.3 Å². The number of nitrogens with one attached hydrogen (secondary N) is 2. The van der Waals surface area contributed by atoms with Crippen molar-refractivity contribution in [3.8, 4) is 20.9 Å². The Hall–Kier alpha value is -2.54. The normalized spacial score (nSPS) is 12.6. The molecule has 0 bridgehead atoms. The third kappa shape index (κ3) is 3.46. The van der Waals surface area contributed by atoms with Gasteiger partial charge in [0.1, 0.15) is 0 Å². The molecule has 1 aliphatic rings. The zero-order valence-electron chi connectivity index (χ0n) is 14.9. The highest BCUT2D eigenvalue weighted by Crippen LogP contribution is 2.37. The molecule has 0 radical (unpaired) electrons. The van der Waals surface area contributed by atoms with E-state index < -0.39 is 0 Å². The predicted octanol–water partition coefficient (Wildman–Crippen LogP) is 6.73. The molecular formula is C22H17N3S3. The van der Waals surface area contributed by atoms with Gasteiger partial charge >= 0.3 is 0 Å². The molecular weight excluding hydrogens is 402 g/mol. The molecule has 1 aliphatic heterocycles.